The van der Waals surface area contributed by atoms with Gasteiger partial charge in [0.2, 0.25) is 0 Å². The lowest BCUT2D eigenvalue weighted by Gasteiger charge is -2.14. The van der Waals surface area contributed by atoms with Crippen molar-refractivity contribution in [1.82, 2.24) is 4.98 Å². The van der Waals surface area contributed by atoms with Gasteiger partial charge < -0.3 is 9.84 Å². The minimum Gasteiger partial charge on any atom is -0.479 e. The van der Waals surface area contributed by atoms with Gasteiger partial charge in [0, 0.05) is 11.1 Å². The van der Waals surface area contributed by atoms with Gasteiger partial charge in [-0.2, -0.15) is 0 Å². The number of rotatable bonds is 4. The van der Waals surface area contributed by atoms with Crippen molar-refractivity contribution < 1.29 is 14.6 Å². The van der Waals surface area contributed by atoms with Crippen molar-refractivity contribution in [3.63, 3.8) is 0 Å². The highest BCUT2D eigenvalue weighted by Crippen LogP contribution is 2.25. The highest BCUT2D eigenvalue weighted by Gasteiger charge is 2.18. The smallest absolute Gasteiger partial charge is 0.344 e. The first-order chi connectivity index (χ1) is 8.61. The minimum atomic E-state index is -0.956. The Kier molecular flexibility index (Phi) is 3.46. The molecule has 1 aromatic carbocycles. The van der Waals surface area contributed by atoms with Gasteiger partial charge in [-0.15, -0.1) is 0 Å². The number of hydrogen-bond donors (Lipinski definition) is 1. The molecule has 0 saturated heterocycles. The number of fused-ring (bicyclic) bond motifs is 1. The van der Waals surface area contributed by atoms with Crippen molar-refractivity contribution in [2.45, 2.75) is 26.4 Å². The van der Waals surface area contributed by atoms with Gasteiger partial charge in [0.25, 0.3) is 0 Å². The average Bonchev–Trinajstić information content (AvgIpc) is 2.35. The Balaban J connectivity index is 2.44. The molecular formula is C14H15NO3. The van der Waals surface area contributed by atoms with Crippen molar-refractivity contribution in [2.24, 2.45) is 0 Å². The molecule has 0 bridgehead atoms. The van der Waals surface area contributed by atoms with Gasteiger partial charge in [-0.1, -0.05) is 25.1 Å². The quantitative estimate of drug-likeness (QED) is 0.899. The number of hydrogen-bond acceptors (Lipinski definition) is 3. The number of carbonyl (C=O) groups is 1. The molecule has 0 saturated carbocycles. The molecule has 0 spiro atoms. The van der Waals surface area contributed by atoms with Gasteiger partial charge >= 0.3 is 5.97 Å². The molecule has 2 aromatic rings. The van der Waals surface area contributed by atoms with Crippen LogP contribution >= 0.6 is 0 Å². The van der Waals surface area contributed by atoms with Crippen LogP contribution in [0.4, 0.5) is 0 Å². The summed E-state index contributed by atoms with van der Waals surface area (Å²) in [5.74, 6) is -0.437. The molecule has 2 rings (SSSR count). The summed E-state index contributed by atoms with van der Waals surface area (Å²) in [4.78, 5) is 15.4. The molecule has 1 unspecified atom stereocenters. The van der Waals surface area contributed by atoms with Gasteiger partial charge in [0.15, 0.2) is 6.10 Å². The average molecular weight is 245 g/mol. The Morgan fingerprint density at radius 2 is 2.17 bits per heavy atom. The van der Waals surface area contributed by atoms with Gasteiger partial charge in [-0.05, 0) is 25.5 Å². The number of carboxylic acids is 1. The number of para-hydroxylation sites is 1. The van der Waals surface area contributed by atoms with Crippen LogP contribution in [0.1, 0.15) is 19.0 Å². The van der Waals surface area contributed by atoms with E-state index in [0.29, 0.717) is 17.7 Å². The third kappa shape index (κ3) is 2.42. The molecule has 94 valence electrons. The van der Waals surface area contributed by atoms with Crippen LogP contribution in [0.25, 0.3) is 10.9 Å². The summed E-state index contributed by atoms with van der Waals surface area (Å²) < 4.78 is 5.53. The molecule has 0 aliphatic carbocycles. The van der Waals surface area contributed by atoms with E-state index in [1.165, 1.54) is 0 Å². The van der Waals surface area contributed by atoms with Crippen molar-refractivity contribution in [1.29, 1.82) is 0 Å². The molecule has 0 amide bonds. The van der Waals surface area contributed by atoms with E-state index in [1.807, 2.05) is 31.2 Å². The van der Waals surface area contributed by atoms with E-state index in [4.69, 9.17) is 9.84 Å². The first-order valence-electron chi connectivity index (χ1n) is 5.87. The summed E-state index contributed by atoms with van der Waals surface area (Å²) in [5.41, 5.74) is 1.58. The molecule has 1 atom stereocenters. The Bertz CT molecular complexity index is 580. The second-order valence-electron chi connectivity index (χ2n) is 4.13. The largest absolute Gasteiger partial charge is 0.479 e. The Hall–Kier alpha value is -2.10. The summed E-state index contributed by atoms with van der Waals surface area (Å²) in [7, 11) is 0. The van der Waals surface area contributed by atoms with Crippen molar-refractivity contribution >= 4 is 16.9 Å². The highest BCUT2D eigenvalue weighted by molar-refractivity contribution is 5.85. The van der Waals surface area contributed by atoms with Crippen molar-refractivity contribution in [2.75, 3.05) is 0 Å². The fraction of sp³-hybridized carbons (Fsp3) is 0.286. The fourth-order valence-electron chi connectivity index (χ4n) is 1.77. The fourth-order valence-corrected chi connectivity index (χ4v) is 1.77. The number of nitrogens with zero attached hydrogens (tertiary/aromatic N) is 1. The van der Waals surface area contributed by atoms with Crippen LogP contribution in [0, 0.1) is 6.92 Å². The molecule has 1 N–H and O–H groups in total. The lowest BCUT2D eigenvalue weighted by molar-refractivity contribution is -0.145. The maximum atomic E-state index is 11.0. The number of benzene rings is 1. The normalized spacial score (nSPS) is 12.3. The highest BCUT2D eigenvalue weighted by atomic mass is 16.5. The first-order valence-corrected chi connectivity index (χ1v) is 5.87. The van der Waals surface area contributed by atoms with E-state index in [-0.39, 0.29) is 0 Å². The summed E-state index contributed by atoms with van der Waals surface area (Å²) in [6.07, 6.45) is -0.421. The maximum Gasteiger partial charge on any atom is 0.344 e. The number of ether oxygens (including phenoxy) is 1. The molecule has 4 nitrogen and oxygen atoms in total. The van der Waals surface area contributed by atoms with E-state index >= 15 is 0 Å². The van der Waals surface area contributed by atoms with Gasteiger partial charge in [-0.3, -0.25) is 0 Å². The first kappa shape index (κ1) is 12.4. The summed E-state index contributed by atoms with van der Waals surface area (Å²) in [6, 6.07) is 9.38. The Morgan fingerprint density at radius 1 is 1.39 bits per heavy atom. The zero-order valence-electron chi connectivity index (χ0n) is 10.4. The third-order valence-corrected chi connectivity index (χ3v) is 2.74. The van der Waals surface area contributed by atoms with Crippen molar-refractivity contribution in [3.05, 3.63) is 36.0 Å². The molecule has 0 fully saturated rings. The summed E-state index contributed by atoms with van der Waals surface area (Å²) in [5, 5.41) is 9.96. The zero-order chi connectivity index (χ0) is 13.1. The van der Waals surface area contributed by atoms with E-state index in [9.17, 15) is 4.79 Å². The zero-order valence-corrected chi connectivity index (χ0v) is 10.4. The van der Waals surface area contributed by atoms with Gasteiger partial charge in [0.05, 0.1) is 0 Å². The lowest BCUT2D eigenvalue weighted by Crippen LogP contribution is -2.26. The number of carboxylic acid groups (broad SMARTS) is 1. The molecule has 4 heteroatoms. The van der Waals surface area contributed by atoms with Crippen LogP contribution in [-0.4, -0.2) is 22.2 Å². The van der Waals surface area contributed by atoms with Crippen LogP contribution in [0.3, 0.4) is 0 Å². The van der Waals surface area contributed by atoms with E-state index in [0.717, 1.165) is 11.1 Å². The summed E-state index contributed by atoms with van der Waals surface area (Å²) >= 11 is 0. The second kappa shape index (κ2) is 5.04. The monoisotopic (exact) mass is 245 g/mol. The molecule has 0 radical (unpaired) electrons. The number of aromatic nitrogens is 1. The second-order valence-corrected chi connectivity index (χ2v) is 4.13. The SMILES string of the molecule is CCC(Oc1cccc2ccc(C)nc12)C(=O)O. The predicted molar refractivity (Wildman–Crippen MR) is 68.8 cm³/mol. The molecule has 1 heterocycles. The molecular weight excluding hydrogens is 230 g/mol. The molecule has 1 aromatic heterocycles. The van der Waals surface area contributed by atoms with E-state index in [1.54, 1.807) is 13.0 Å². The van der Waals surface area contributed by atoms with Crippen LogP contribution in [0.2, 0.25) is 0 Å². The predicted octanol–water partition coefficient (Wildman–Crippen LogP) is 2.79. The maximum absolute atomic E-state index is 11.0. The van der Waals surface area contributed by atoms with Crippen LogP contribution < -0.4 is 4.74 Å². The molecule has 0 aliphatic rings. The van der Waals surface area contributed by atoms with Crippen molar-refractivity contribution in [3.8, 4) is 5.75 Å². The number of pyridine rings is 1. The van der Waals surface area contributed by atoms with Crippen LogP contribution in [-0.2, 0) is 4.79 Å². The van der Waals surface area contributed by atoms with Gasteiger partial charge in [-0.25, -0.2) is 9.78 Å². The standard InChI is InChI=1S/C14H15NO3/c1-3-11(14(16)17)18-12-6-4-5-10-8-7-9(2)15-13(10)12/h4-8,11H,3H2,1-2H3,(H,16,17). The van der Waals surface area contributed by atoms with E-state index in [2.05, 4.69) is 4.98 Å². The lowest BCUT2D eigenvalue weighted by atomic mass is 10.2. The Morgan fingerprint density at radius 3 is 2.83 bits per heavy atom. The number of aryl methyl sites for hydroxylation is 1. The Labute approximate surface area is 105 Å². The van der Waals surface area contributed by atoms with Crippen LogP contribution in [0.5, 0.6) is 5.75 Å². The minimum absolute atomic E-state index is 0.414. The molecule has 0 aliphatic heterocycles. The third-order valence-electron chi connectivity index (χ3n) is 2.74. The molecule has 18 heavy (non-hydrogen) atoms. The van der Waals surface area contributed by atoms with Crippen LogP contribution in [0.15, 0.2) is 30.3 Å². The van der Waals surface area contributed by atoms with Gasteiger partial charge in [0.1, 0.15) is 11.3 Å². The topological polar surface area (TPSA) is 59.4 Å². The summed E-state index contributed by atoms with van der Waals surface area (Å²) in [6.45, 7) is 3.67. The van der Waals surface area contributed by atoms with E-state index < -0.39 is 12.1 Å². The number of aliphatic carboxylic acids is 1.